The molecule has 0 amide bonds. The second kappa shape index (κ2) is 6.94. The van der Waals surface area contributed by atoms with Gasteiger partial charge < -0.3 is 49.2 Å². The van der Waals surface area contributed by atoms with Crippen molar-refractivity contribution in [1.29, 1.82) is 0 Å². The Balaban J connectivity index is 1.57. The summed E-state index contributed by atoms with van der Waals surface area (Å²) in [7, 11) is 0. The van der Waals surface area contributed by atoms with Crippen LogP contribution in [0.1, 0.15) is 6.42 Å². The number of carbonyl (C=O) groups is 1. The highest BCUT2D eigenvalue weighted by Gasteiger charge is 2.60. The molecule has 3 saturated heterocycles. The van der Waals surface area contributed by atoms with Crippen LogP contribution in [0, 0.1) is 5.92 Å². The summed E-state index contributed by atoms with van der Waals surface area (Å²) in [6.45, 7) is -0.263. The molecule has 0 radical (unpaired) electrons. The molecule has 4 aliphatic rings. The van der Waals surface area contributed by atoms with Crippen molar-refractivity contribution in [1.82, 2.24) is 0 Å². The molecule has 11 heteroatoms. The van der Waals surface area contributed by atoms with Crippen LogP contribution in [-0.4, -0.2) is 100 Å². The maximum absolute atomic E-state index is 12.0. The zero-order valence-electron chi connectivity index (χ0n) is 14.2. The largest absolute Gasteiger partial charge is 0.471 e. The summed E-state index contributed by atoms with van der Waals surface area (Å²) < 4.78 is 26.7. The Morgan fingerprint density at radius 1 is 1.19 bits per heavy atom. The number of epoxide rings is 1. The minimum atomic E-state index is -1.62. The lowest BCUT2D eigenvalue weighted by molar-refractivity contribution is -0.348. The fourth-order valence-corrected chi connectivity index (χ4v) is 3.80. The van der Waals surface area contributed by atoms with E-state index in [4.69, 9.17) is 23.7 Å². The summed E-state index contributed by atoms with van der Waals surface area (Å²) in [5, 5.41) is 50.3. The Labute approximate surface area is 153 Å². The third-order valence-corrected chi connectivity index (χ3v) is 5.44. The van der Waals surface area contributed by atoms with E-state index in [-0.39, 0.29) is 18.6 Å². The number of hydrogen-bond donors (Lipinski definition) is 5. The van der Waals surface area contributed by atoms with Gasteiger partial charge in [-0.3, -0.25) is 0 Å². The first-order valence-electron chi connectivity index (χ1n) is 8.70. The second-order valence-corrected chi connectivity index (χ2v) is 7.08. The number of rotatable bonds is 4. The molecular formula is C16H22O11. The number of ether oxygens (including phenoxy) is 5. The summed E-state index contributed by atoms with van der Waals surface area (Å²) >= 11 is 0. The molecule has 0 aromatic carbocycles. The van der Waals surface area contributed by atoms with Crippen molar-refractivity contribution in [3.05, 3.63) is 11.8 Å². The molecule has 0 bridgehead atoms. The van der Waals surface area contributed by atoms with Gasteiger partial charge in [-0.05, 0) is 0 Å². The van der Waals surface area contributed by atoms with E-state index in [1.807, 2.05) is 0 Å². The van der Waals surface area contributed by atoms with Gasteiger partial charge in [-0.15, -0.1) is 0 Å². The van der Waals surface area contributed by atoms with Crippen LogP contribution in [0.5, 0.6) is 0 Å². The van der Waals surface area contributed by atoms with Crippen LogP contribution in [0.15, 0.2) is 11.8 Å². The van der Waals surface area contributed by atoms with E-state index < -0.39 is 67.2 Å². The molecule has 0 unspecified atom stereocenters. The van der Waals surface area contributed by atoms with E-state index >= 15 is 0 Å². The predicted octanol–water partition coefficient (Wildman–Crippen LogP) is -3.26. The van der Waals surface area contributed by atoms with Gasteiger partial charge in [-0.1, -0.05) is 0 Å². The van der Waals surface area contributed by atoms with Gasteiger partial charge in [0.25, 0.3) is 0 Å². The van der Waals surface area contributed by atoms with Crippen LogP contribution in [0.2, 0.25) is 0 Å². The topological polar surface area (TPSA) is 168 Å². The lowest BCUT2D eigenvalue weighted by atomic mass is 9.74. The first kappa shape index (κ1) is 19.0. The van der Waals surface area contributed by atoms with Crippen LogP contribution >= 0.6 is 0 Å². The van der Waals surface area contributed by atoms with Crippen LogP contribution in [-0.2, 0) is 28.5 Å². The Hall–Kier alpha value is -1.31. The van der Waals surface area contributed by atoms with E-state index in [9.17, 15) is 30.3 Å². The molecule has 0 saturated carbocycles. The highest BCUT2D eigenvalue weighted by atomic mass is 16.8. The van der Waals surface area contributed by atoms with Gasteiger partial charge in [-0.2, -0.15) is 0 Å². The van der Waals surface area contributed by atoms with E-state index in [0.29, 0.717) is 6.61 Å². The Morgan fingerprint density at radius 3 is 2.59 bits per heavy atom. The Kier molecular flexibility index (Phi) is 4.89. The SMILES string of the molecule is O=C1OCC[C@]2(O)C1=CO[C@@H](O[C@@H]1O[C@H](CO)[C@@H](O)[C@H](O)[C@H]1O)[C@@H]2[C@H]1CO1. The van der Waals surface area contributed by atoms with Crippen molar-refractivity contribution >= 4 is 5.97 Å². The molecule has 27 heavy (non-hydrogen) atoms. The molecule has 4 heterocycles. The second-order valence-electron chi connectivity index (χ2n) is 7.08. The van der Waals surface area contributed by atoms with Gasteiger partial charge in [0.05, 0.1) is 38.1 Å². The number of carbonyl (C=O) groups excluding carboxylic acids is 1. The van der Waals surface area contributed by atoms with E-state index in [1.54, 1.807) is 0 Å². The summed E-state index contributed by atoms with van der Waals surface area (Å²) in [5.74, 6) is -1.50. The zero-order valence-corrected chi connectivity index (χ0v) is 14.2. The zero-order chi connectivity index (χ0) is 19.3. The van der Waals surface area contributed by atoms with E-state index in [1.165, 1.54) is 0 Å². The molecule has 9 atom stereocenters. The number of aliphatic hydroxyl groups is 5. The van der Waals surface area contributed by atoms with Crippen molar-refractivity contribution < 1.29 is 54.0 Å². The lowest BCUT2D eigenvalue weighted by Crippen LogP contribution is -2.62. The number of esters is 1. The molecule has 0 aromatic rings. The molecule has 5 N–H and O–H groups in total. The maximum atomic E-state index is 12.0. The molecule has 0 spiro atoms. The quantitative estimate of drug-likeness (QED) is 0.241. The third kappa shape index (κ3) is 3.13. The first-order valence-corrected chi connectivity index (χ1v) is 8.70. The Morgan fingerprint density at radius 2 is 1.93 bits per heavy atom. The fourth-order valence-electron chi connectivity index (χ4n) is 3.80. The van der Waals surface area contributed by atoms with Gasteiger partial charge in [0.15, 0.2) is 6.29 Å². The molecule has 0 aromatic heterocycles. The van der Waals surface area contributed by atoms with Crippen LogP contribution in [0.4, 0.5) is 0 Å². The molecule has 4 aliphatic heterocycles. The standard InChI is InChI=1S/C16H22O11/c17-3-7-10(18)11(19)12(20)15(26-7)27-14-9(8-5-24-8)16(22)1-2-23-13(21)6(16)4-25-14/h4,7-12,14-15,17-20,22H,1-3,5H2/t7-,8-,9+,10-,11+,12-,14+,15+,16+/m1/s1. The monoisotopic (exact) mass is 390 g/mol. The minimum Gasteiger partial charge on any atom is -0.471 e. The van der Waals surface area contributed by atoms with Crippen molar-refractivity contribution in [2.75, 3.05) is 19.8 Å². The van der Waals surface area contributed by atoms with Gasteiger partial charge in [0.1, 0.15) is 35.6 Å². The van der Waals surface area contributed by atoms with Gasteiger partial charge >= 0.3 is 5.97 Å². The molecule has 3 fully saturated rings. The summed E-state index contributed by atoms with van der Waals surface area (Å²) in [6, 6.07) is 0. The number of fused-ring (bicyclic) bond motifs is 1. The molecule has 152 valence electrons. The Bertz CT molecular complexity index is 617. The maximum Gasteiger partial charge on any atom is 0.340 e. The molecule has 11 nitrogen and oxygen atoms in total. The van der Waals surface area contributed by atoms with Crippen LogP contribution < -0.4 is 0 Å². The minimum absolute atomic E-state index is 0.0165. The summed E-state index contributed by atoms with van der Waals surface area (Å²) in [5.41, 5.74) is -1.64. The van der Waals surface area contributed by atoms with E-state index in [2.05, 4.69) is 0 Å². The fraction of sp³-hybridized carbons (Fsp3) is 0.812. The summed E-state index contributed by atoms with van der Waals surface area (Å²) in [4.78, 5) is 12.0. The summed E-state index contributed by atoms with van der Waals surface area (Å²) in [6.07, 6.45) is -7.79. The molecule has 4 rings (SSSR count). The predicted molar refractivity (Wildman–Crippen MR) is 81.6 cm³/mol. The number of aliphatic hydroxyl groups excluding tert-OH is 4. The van der Waals surface area contributed by atoms with Crippen molar-refractivity contribution in [2.24, 2.45) is 5.92 Å². The van der Waals surface area contributed by atoms with Crippen molar-refractivity contribution in [2.45, 2.75) is 55.1 Å². The van der Waals surface area contributed by atoms with Gasteiger partial charge in [0, 0.05) is 6.42 Å². The smallest absolute Gasteiger partial charge is 0.340 e. The van der Waals surface area contributed by atoms with E-state index in [0.717, 1.165) is 6.26 Å². The number of cyclic esters (lactones) is 1. The first-order chi connectivity index (χ1) is 12.9. The van der Waals surface area contributed by atoms with Crippen molar-refractivity contribution in [3.63, 3.8) is 0 Å². The lowest BCUT2D eigenvalue weighted by Gasteiger charge is -2.47. The van der Waals surface area contributed by atoms with Gasteiger partial charge in [-0.25, -0.2) is 4.79 Å². The molecular weight excluding hydrogens is 368 g/mol. The van der Waals surface area contributed by atoms with Crippen molar-refractivity contribution in [3.8, 4) is 0 Å². The normalized spacial score (nSPS) is 49.5. The third-order valence-electron chi connectivity index (χ3n) is 5.44. The average molecular weight is 390 g/mol. The average Bonchev–Trinajstić information content (AvgIpc) is 3.46. The van der Waals surface area contributed by atoms with Gasteiger partial charge in [0.2, 0.25) is 6.29 Å². The highest BCUT2D eigenvalue weighted by Crippen LogP contribution is 2.46. The highest BCUT2D eigenvalue weighted by molar-refractivity contribution is 5.91. The number of hydrogen-bond acceptors (Lipinski definition) is 11. The van der Waals surface area contributed by atoms with Crippen LogP contribution in [0.3, 0.4) is 0 Å². The van der Waals surface area contributed by atoms with Crippen LogP contribution in [0.25, 0.3) is 0 Å². The molecule has 0 aliphatic carbocycles.